The average Bonchev–Trinajstić information content (AvgIpc) is 3.44. The van der Waals surface area contributed by atoms with Gasteiger partial charge in [-0.25, -0.2) is 27.7 Å². The predicted octanol–water partition coefficient (Wildman–Crippen LogP) is 1.91. The fraction of sp³-hybridized carbons (Fsp3) is 0.409. The van der Waals surface area contributed by atoms with Crippen LogP contribution in [0.3, 0.4) is 0 Å². The number of aromatic nitrogens is 4. The summed E-state index contributed by atoms with van der Waals surface area (Å²) in [5.74, 6) is -3.20. The zero-order chi connectivity index (χ0) is 28.9. The minimum absolute atomic E-state index is 0.0639. The summed E-state index contributed by atoms with van der Waals surface area (Å²) in [4.78, 5) is 33.5. The molecule has 4 rings (SSSR count). The van der Waals surface area contributed by atoms with E-state index < -0.39 is 60.9 Å². The van der Waals surface area contributed by atoms with Gasteiger partial charge in [-0.1, -0.05) is 0 Å². The summed E-state index contributed by atoms with van der Waals surface area (Å²) in [6.45, 7) is -1.22. The van der Waals surface area contributed by atoms with Crippen LogP contribution in [0.2, 0.25) is 0 Å². The maximum absolute atomic E-state index is 14.7. The van der Waals surface area contributed by atoms with Gasteiger partial charge in [0.2, 0.25) is 11.5 Å². The molecule has 0 spiro atoms. The highest BCUT2D eigenvalue weighted by Crippen LogP contribution is 2.35. The fourth-order valence-electron chi connectivity index (χ4n) is 4.13. The van der Waals surface area contributed by atoms with Gasteiger partial charge in [-0.05, 0) is 19.1 Å². The number of methoxy groups -OCH3 is 1. The molecule has 0 bridgehead atoms. The molecule has 3 atom stereocenters. The average molecular weight is 561 g/mol. The molecule has 17 heteroatoms. The van der Waals surface area contributed by atoms with E-state index in [1.54, 1.807) is 0 Å². The summed E-state index contributed by atoms with van der Waals surface area (Å²) in [7, 11) is 1.18. The van der Waals surface area contributed by atoms with Gasteiger partial charge in [-0.2, -0.15) is 18.3 Å². The van der Waals surface area contributed by atoms with Crippen LogP contribution in [0, 0.1) is 0 Å². The van der Waals surface area contributed by atoms with Crippen molar-refractivity contribution >= 4 is 23.1 Å². The van der Waals surface area contributed by atoms with E-state index in [9.17, 15) is 41.0 Å². The Labute approximate surface area is 215 Å². The number of hydrogen-bond acceptors (Lipinski definition) is 8. The van der Waals surface area contributed by atoms with E-state index in [0.717, 1.165) is 16.9 Å². The number of pyridine rings is 1. The van der Waals surface area contributed by atoms with Crippen molar-refractivity contribution in [1.82, 2.24) is 29.8 Å². The van der Waals surface area contributed by atoms with Crippen LogP contribution in [-0.2, 0) is 4.79 Å². The molecule has 39 heavy (non-hydrogen) atoms. The van der Waals surface area contributed by atoms with Crippen LogP contribution >= 0.6 is 0 Å². The molecule has 1 aliphatic rings. The molecule has 0 radical (unpaired) electrons. The summed E-state index contributed by atoms with van der Waals surface area (Å²) in [5, 5.41) is 15.8. The Kier molecular flexibility index (Phi) is 7.05. The second kappa shape index (κ2) is 9.87. The van der Waals surface area contributed by atoms with E-state index in [2.05, 4.69) is 20.4 Å². The lowest BCUT2D eigenvalue weighted by atomic mass is 10.1. The summed E-state index contributed by atoms with van der Waals surface area (Å²) < 4.78 is 87.3. The fourth-order valence-corrected chi connectivity index (χ4v) is 4.13. The molecule has 1 aliphatic heterocycles. The number of fused-ring (bicyclic) bond motifs is 1. The van der Waals surface area contributed by atoms with Gasteiger partial charge in [0.25, 0.3) is 18.2 Å². The molecular weight excluding hydrogens is 540 g/mol. The van der Waals surface area contributed by atoms with Crippen LogP contribution < -0.4 is 15.8 Å². The highest BCUT2D eigenvalue weighted by atomic mass is 19.4. The Morgan fingerprint density at radius 2 is 1.92 bits per heavy atom. The molecule has 210 valence electrons. The maximum Gasteiger partial charge on any atom is 0.426 e. The SMILES string of the molecule is COc1ncc(-c2cc(C(F)F)c3c(N)ncnn23)cc1C(=O)N[C@@H]1CN(C(=O)C(C)(O)C(F)(F)F)C[C@@H]1F. The number of anilines is 1. The second-order valence-corrected chi connectivity index (χ2v) is 8.85. The molecule has 3 aromatic rings. The number of aliphatic hydroxyl groups is 1. The number of nitrogens with one attached hydrogen (secondary N) is 1. The molecule has 0 aliphatic carbocycles. The van der Waals surface area contributed by atoms with Gasteiger partial charge in [-0.3, -0.25) is 9.59 Å². The van der Waals surface area contributed by atoms with Crippen molar-refractivity contribution in [3.05, 3.63) is 35.8 Å². The molecule has 3 aromatic heterocycles. The molecule has 1 fully saturated rings. The molecule has 2 amide bonds. The third-order valence-corrected chi connectivity index (χ3v) is 6.25. The molecule has 1 saturated heterocycles. The van der Waals surface area contributed by atoms with Crippen molar-refractivity contribution < 1.29 is 45.8 Å². The predicted molar refractivity (Wildman–Crippen MR) is 122 cm³/mol. The lowest BCUT2D eigenvalue weighted by Crippen LogP contribution is -2.56. The lowest BCUT2D eigenvalue weighted by Gasteiger charge is -2.29. The Hall–Kier alpha value is -4.15. The number of halogens is 6. The van der Waals surface area contributed by atoms with E-state index in [4.69, 9.17) is 10.5 Å². The summed E-state index contributed by atoms with van der Waals surface area (Å²) >= 11 is 0. The van der Waals surface area contributed by atoms with Gasteiger partial charge in [0, 0.05) is 23.9 Å². The molecule has 1 unspecified atom stereocenters. The summed E-state index contributed by atoms with van der Waals surface area (Å²) in [6.07, 6.45) is -7.97. The number of nitrogens with two attached hydrogens (primary N) is 1. The second-order valence-electron chi connectivity index (χ2n) is 8.85. The highest BCUT2D eigenvalue weighted by molar-refractivity contribution is 5.98. The number of likely N-dealkylation sites (tertiary alicyclic amines) is 1. The van der Waals surface area contributed by atoms with E-state index >= 15 is 0 Å². The number of hydrogen-bond donors (Lipinski definition) is 3. The van der Waals surface area contributed by atoms with Gasteiger partial charge in [0.1, 0.15) is 23.6 Å². The normalized spacial score (nSPS) is 19.4. The van der Waals surface area contributed by atoms with Crippen LogP contribution in [0.15, 0.2) is 24.7 Å². The Balaban J connectivity index is 1.63. The third-order valence-electron chi connectivity index (χ3n) is 6.25. The first-order chi connectivity index (χ1) is 18.2. The smallest absolute Gasteiger partial charge is 0.426 e. The quantitative estimate of drug-likeness (QED) is 0.387. The number of nitrogen functional groups attached to an aromatic ring is 1. The Bertz CT molecular complexity index is 1430. The van der Waals surface area contributed by atoms with Crippen LogP contribution in [0.1, 0.15) is 29.3 Å². The van der Waals surface area contributed by atoms with E-state index in [1.807, 2.05) is 0 Å². The van der Waals surface area contributed by atoms with Crippen molar-refractivity contribution in [2.24, 2.45) is 0 Å². The topological polar surface area (TPSA) is 148 Å². The highest BCUT2D eigenvalue weighted by Gasteiger charge is 2.58. The van der Waals surface area contributed by atoms with Crippen molar-refractivity contribution in [2.45, 2.75) is 37.3 Å². The van der Waals surface area contributed by atoms with E-state index in [1.165, 1.54) is 19.4 Å². The first-order valence-electron chi connectivity index (χ1n) is 11.2. The number of amides is 2. The number of carbonyl (C=O) groups excluding carboxylic acids is 2. The minimum Gasteiger partial charge on any atom is -0.480 e. The largest absolute Gasteiger partial charge is 0.480 e. The number of nitrogens with zero attached hydrogens (tertiary/aromatic N) is 5. The van der Waals surface area contributed by atoms with Gasteiger partial charge < -0.3 is 25.8 Å². The Morgan fingerprint density at radius 3 is 2.54 bits per heavy atom. The van der Waals surface area contributed by atoms with Gasteiger partial charge in [0.05, 0.1) is 25.4 Å². The number of ether oxygens (including phenoxy) is 1. The number of carbonyl (C=O) groups is 2. The van der Waals surface area contributed by atoms with Crippen molar-refractivity contribution in [2.75, 3.05) is 25.9 Å². The molecule has 4 heterocycles. The minimum atomic E-state index is -5.31. The number of alkyl halides is 6. The van der Waals surface area contributed by atoms with E-state index in [-0.39, 0.29) is 41.0 Å². The third kappa shape index (κ3) is 4.88. The standard InChI is InChI=1S/C22H21F6N7O4/c1-21(38,22(26,27)28)20(37)34-6-12(23)13(7-34)33-18(36)11-3-9(5-30-19(11)39-2)14-4-10(16(24)25)15-17(29)31-8-32-35(14)15/h3-5,8,12-13,16,38H,6-7H2,1-2H3,(H,33,36)(H2,29,31,32)/t12-,13+,21?/m0/s1. The van der Waals surface area contributed by atoms with Crippen molar-refractivity contribution in [3.8, 4) is 17.1 Å². The monoisotopic (exact) mass is 561 g/mol. The number of rotatable bonds is 6. The van der Waals surface area contributed by atoms with Crippen LogP contribution in [0.4, 0.5) is 32.2 Å². The molecular formula is C22H21F6N7O4. The van der Waals surface area contributed by atoms with E-state index in [0.29, 0.717) is 4.90 Å². The van der Waals surface area contributed by atoms with Crippen molar-refractivity contribution in [3.63, 3.8) is 0 Å². The van der Waals surface area contributed by atoms with Crippen LogP contribution in [0.25, 0.3) is 16.8 Å². The summed E-state index contributed by atoms with van der Waals surface area (Å²) in [6, 6.07) is 0.850. The van der Waals surface area contributed by atoms with Crippen LogP contribution in [-0.4, -0.2) is 85.6 Å². The first-order valence-corrected chi connectivity index (χ1v) is 11.2. The first kappa shape index (κ1) is 27.9. The van der Waals surface area contributed by atoms with Crippen LogP contribution in [0.5, 0.6) is 5.88 Å². The Morgan fingerprint density at radius 1 is 1.23 bits per heavy atom. The molecule has 11 nitrogen and oxygen atoms in total. The zero-order valence-corrected chi connectivity index (χ0v) is 20.2. The van der Waals surface area contributed by atoms with Crippen molar-refractivity contribution in [1.29, 1.82) is 0 Å². The van der Waals surface area contributed by atoms with Gasteiger partial charge in [0.15, 0.2) is 5.82 Å². The molecule has 4 N–H and O–H groups in total. The molecule has 0 saturated carbocycles. The van der Waals surface area contributed by atoms with Gasteiger partial charge in [-0.15, -0.1) is 0 Å². The zero-order valence-electron chi connectivity index (χ0n) is 20.2. The maximum atomic E-state index is 14.7. The lowest BCUT2D eigenvalue weighted by molar-refractivity contribution is -0.249. The van der Waals surface area contributed by atoms with Gasteiger partial charge >= 0.3 is 6.18 Å². The molecule has 0 aromatic carbocycles. The summed E-state index contributed by atoms with van der Waals surface area (Å²) in [5.41, 5.74) is 1.27.